The summed E-state index contributed by atoms with van der Waals surface area (Å²) < 4.78 is 1.34. The van der Waals surface area contributed by atoms with Gasteiger partial charge in [0.25, 0.3) is 5.56 Å². The summed E-state index contributed by atoms with van der Waals surface area (Å²) in [6.07, 6.45) is 2.11. The Bertz CT molecular complexity index is 1080. The predicted molar refractivity (Wildman–Crippen MR) is 94.2 cm³/mol. The van der Waals surface area contributed by atoms with Crippen molar-refractivity contribution in [3.05, 3.63) is 76.2 Å². The zero-order valence-corrected chi connectivity index (χ0v) is 13.6. The van der Waals surface area contributed by atoms with Crippen LogP contribution in [-0.2, 0) is 0 Å². The molecule has 7 nitrogen and oxygen atoms in total. The Kier molecular flexibility index (Phi) is 3.95. The maximum Gasteiger partial charge on any atom is 0.269 e. The van der Waals surface area contributed by atoms with Gasteiger partial charge in [-0.3, -0.25) is 14.0 Å². The molecule has 0 N–H and O–H groups in total. The smallest absolute Gasteiger partial charge is 0.269 e. The van der Waals surface area contributed by atoms with Gasteiger partial charge < -0.3 is 0 Å². The maximum absolute atomic E-state index is 12.5. The van der Waals surface area contributed by atoms with Gasteiger partial charge in [-0.05, 0) is 34.7 Å². The average molecular weight is 349 g/mol. The molecule has 8 heteroatoms. The third kappa shape index (κ3) is 2.76. The lowest BCUT2D eigenvalue weighted by Gasteiger charge is -2.10. The molecule has 0 saturated carbocycles. The van der Waals surface area contributed by atoms with E-state index in [1.807, 2.05) is 30.3 Å². The van der Waals surface area contributed by atoms with Crippen LogP contribution in [-0.4, -0.2) is 20.7 Å². The highest BCUT2D eigenvalue weighted by atomic mass is 32.2. The van der Waals surface area contributed by atoms with Crippen LogP contribution in [0.1, 0.15) is 22.0 Å². The highest BCUT2D eigenvalue weighted by Crippen LogP contribution is 2.33. The number of hydrogen-bond acceptors (Lipinski definition) is 7. The van der Waals surface area contributed by atoms with E-state index in [0.717, 1.165) is 17.3 Å². The third-order valence-electron chi connectivity index (χ3n) is 3.71. The van der Waals surface area contributed by atoms with Crippen molar-refractivity contribution in [3.63, 3.8) is 0 Å². The van der Waals surface area contributed by atoms with E-state index in [4.69, 9.17) is 0 Å². The summed E-state index contributed by atoms with van der Waals surface area (Å²) in [6, 6.07) is 14.4. The Labute approximate surface area is 146 Å². The molecule has 0 saturated heterocycles. The molecule has 0 unspecified atom stereocenters. The molecule has 0 fully saturated rings. The first-order valence-corrected chi connectivity index (χ1v) is 8.26. The van der Waals surface area contributed by atoms with E-state index in [9.17, 15) is 9.59 Å². The Morgan fingerprint density at radius 2 is 1.88 bits per heavy atom. The summed E-state index contributed by atoms with van der Waals surface area (Å²) in [5.74, 6) is 0. The number of carbonyl (C=O) groups is 1. The summed E-state index contributed by atoms with van der Waals surface area (Å²) in [5, 5.41) is 12.8. The van der Waals surface area contributed by atoms with E-state index in [1.165, 1.54) is 4.40 Å². The number of carbonyl (C=O) groups excluding carboxylic acids is 1. The molecule has 0 amide bonds. The van der Waals surface area contributed by atoms with Crippen molar-refractivity contribution >= 4 is 28.7 Å². The van der Waals surface area contributed by atoms with Crippen LogP contribution in [0.3, 0.4) is 0 Å². The normalized spacial score (nSPS) is 16.2. The van der Waals surface area contributed by atoms with Crippen LogP contribution < -0.4 is 5.56 Å². The summed E-state index contributed by atoms with van der Waals surface area (Å²) in [4.78, 5) is 28.4. The van der Waals surface area contributed by atoms with E-state index in [2.05, 4.69) is 20.4 Å². The fraction of sp³-hybridized carbons (Fsp3) is 0.0588. The molecule has 122 valence electrons. The van der Waals surface area contributed by atoms with Crippen molar-refractivity contribution in [2.45, 2.75) is 11.1 Å². The van der Waals surface area contributed by atoms with Crippen molar-refractivity contribution in [1.29, 1.82) is 0 Å². The van der Waals surface area contributed by atoms with Gasteiger partial charge in [-0.15, -0.1) is 5.10 Å². The predicted octanol–water partition coefficient (Wildman–Crippen LogP) is 3.12. The molecule has 25 heavy (non-hydrogen) atoms. The first kappa shape index (κ1) is 15.4. The van der Waals surface area contributed by atoms with E-state index < -0.39 is 5.56 Å². The quantitative estimate of drug-likeness (QED) is 0.537. The van der Waals surface area contributed by atoms with Gasteiger partial charge in [0.05, 0.1) is 0 Å². The van der Waals surface area contributed by atoms with Crippen molar-refractivity contribution in [3.8, 4) is 0 Å². The van der Waals surface area contributed by atoms with E-state index in [0.29, 0.717) is 22.0 Å². The number of aldehydes is 1. The molecule has 0 bridgehead atoms. The fourth-order valence-corrected chi connectivity index (χ4v) is 3.46. The standard InChI is InChI=1S/C17H11N5O2S/c23-10-12-15(18-13-8-4-5-9-22(13)17(12)24)25-16-14(19-21-20-16)11-6-2-1-3-7-11/h1-10,14H/t14-/m0/s1. The van der Waals surface area contributed by atoms with Crippen molar-refractivity contribution in [1.82, 2.24) is 9.38 Å². The Morgan fingerprint density at radius 1 is 1.08 bits per heavy atom. The molecule has 0 aliphatic carbocycles. The van der Waals surface area contributed by atoms with Gasteiger partial charge in [-0.1, -0.05) is 36.4 Å². The highest BCUT2D eigenvalue weighted by Gasteiger charge is 2.25. The molecule has 1 aliphatic heterocycles. The van der Waals surface area contributed by atoms with Gasteiger partial charge in [0, 0.05) is 6.20 Å². The number of hydrogen-bond donors (Lipinski definition) is 0. The largest absolute Gasteiger partial charge is 0.298 e. The van der Waals surface area contributed by atoms with Gasteiger partial charge in [0.1, 0.15) is 27.3 Å². The van der Waals surface area contributed by atoms with Crippen molar-refractivity contribution < 1.29 is 4.79 Å². The molecule has 1 aliphatic rings. The Morgan fingerprint density at radius 3 is 2.68 bits per heavy atom. The van der Waals surface area contributed by atoms with Gasteiger partial charge >= 0.3 is 0 Å². The first-order valence-electron chi connectivity index (χ1n) is 7.45. The molecule has 4 rings (SSSR count). The minimum Gasteiger partial charge on any atom is -0.298 e. The van der Waals surface area contributed by atoms with Crippen LogP contribution in [0.15, 0.2) is 80.0 Å². The minimum atomic E-state index is -0.410. The van der Waals surface area contributed by atoms with Crippen LogP contribution in [0.4, 0.5) is 0 Å². The molecule has 1 atom stereocenters. The van der Waals surface area contributed by atoms with Gasteiger partial charge in [-0.25, -0.2) is 4.98 Å². The third-order valence-corrected chi connectivity index (χ3v) is 4.73. The molecule has 3 aromatic rings. The molecule has 0 radical (unpaired) electrons. The van der Waals surface area contributed by atoms with Crippen molar-refractivity contribution in [2.24, 2.45) is 15.4 Å². The van der Waals surface area contributed by atoms with E-state index >= 15 is 0 Å². The zero-order chi connectivity index (χ0) is 17.2. The summed E-state index contributed by atoms with van der Waals surface area (Å²) in [5.41, 5.74) is 0.978. The molecule has 0 spiro atoms. The van der Waals surface area contributed by atoms with Gasteiger partial charge in [-0.2, -0.15) is 5.11 Å². The topological polar surface area (TPSA) is 88.5 Å². The highest BCUT2D eigenvalue weighted by molar-refractivity contribution is 8.14. The minimum absolute atomic E-state index is 0.00453. The number of thioether (sulfide) groups is 1. The molecular weight excluding hydrogens is 338 g/mol. The Balaban J connectivity index is 1.76. The van der Waals surface area contributed by atoms with Crippen LogP contribution >= 0.6 is 11.8 Å². The number of pyridine rings is 1. The van der Waals surface area contributed by atoms with Gasteiger partial charge in [0.2, 0.25) is 0 Å². The second kappa shape index (κ2) is 6.40. The van der Waals surface area contributed by atoms with Crippen LogP contribution in [0.2, 0.25) is 0 Å². The number of rotatable bonds is 3. The van der Waals surface area contributed by atoms with E-state index in [-0.39, 0.29) is 11.6 Å². The molecule has 2 aromatic heterocycles. The van der Waals surface area contributed by atoms with E-state index in [1.54, 1.807) is 24.4 Å². The van der Waals surface area contributed by atoms with Crippen LogP contribution in [0.25, 0.3) is 5.65 Å². The lowest BCUT2D eigenvalue weighted by atomic mass is 10.1. The number of fused-ring (bicyclic) bond motifs is 1. The zero-order valence-electron chi connectivity index (χ0n) is 12.8. The molecular formula is C17H11N5O2S. The van der Waals surface area contributed by atoms with Crippen LogP contribution in [0.5, 0.6) is 0 Å². The molecule has 3 heterocycles. The van der Waals surface area contributed by atoms with Gasteiger partial charge in [0.15, 0.2) is 6.29 Å². The summed E-state index contributed by atoms with van der Waals surface area (Å²) >= 11 is 1.14. The Hall–Kier alpha value is -3.13. The number of nitrogens with zero attached hydrogens (tertiary/aromatic N) is 5. The molecule has 1 aromatic carbocycles. The summed E-state index contributed by atoms with van der Waals surface area (Å²) in [7, 11) is 0. The second-order valence-electron chi connectivity index (χ2n) is 5.24. The first-order chi connectivity index (χ1) is 12.3. The maximum atomic E-state index is 12.5. The average Bonchev–Trinajstić information content (AvgIpc) is 3.11. The summed E-state index contributed by atoms with van der Waals surface area (Å²) in [6.45, 7) is 0. The lowest BCUT2D eigenvalue weighted by Crippen LogP contribution is -2.21. The SMILES string of the molecule is O=Cc1c(SC2=NN=N[C@H]2c2ccccc2)nc2ccccn2c1=O. The monoisotopic (exact) mass is 349 g/mol. The number of aromatic nitrogens is 2. The fourth-order valence-electron chi connectivity index (χ4n) is 2.51. The second-order valence-corrected chi connectivity index (χ2v) is 6.25. The lowest BCUT2D eigenvalue weighted by molar-refractivity contribution is 0.111. The number of benzene rings is 1. The van der Waals surface area contributed by atoms with Crippen molar-refractivity contribution in [2.75, 3.05) is 0 Å². The van der Waals surface area contributed by atoms with Crippen LogP contribution in [0, 0.1) is 0 Å².